The molecule has 1 N–H and O–H groups in total. The molecule has 1 heterocycles. The summed E-state index contributed by atoms with van der Waals surface area (Å²) in [5.74, 6) is 0. The second-order valence-corrected chi connectivity index (χ2v) is 4.54. The lowest BCUT2D eigenvalue weighted by atomic mass is 10.3. The molecule has 0 saturated heterocycles. The summed E-state index contributed by atoms with van der Waals surface area (Å²) in [6.45, 7) is 2.72. The number of hydrogen-bond donors (Lipinski definition) is 1. The van der Waals surface area contributed by atoms with Gasteiger partial charge in [0, 0.05) is 19.6 Å². The number of ether oxygens (including phenoxy) is 1. The van der Waals surface area contributed by atoms with Crippen LogP contribution in [-0.4, -0.2) is 23.3 Å². The minimum atomic E-state index is -0.0765. The van der Waals surface area contributed by atoms with Gasteiger partial charge in [0.2, 0.25) is 0 Å². The number of hydrogen-bond acceptors (Lipinski definition) is 4. The summed E-state index contributed by atoms with van der Waals surface area (Å²) in [6, 6.07) is 8.04. The number of rotatable bonds is 5. The van der Waals surface area contributed by atoms with E-state index in [9.17, 15) is 0 Å². The number of para-hydroxylation sites is 1. The molecule has 1 aromatic carbocycles. The Balaban J connectivity index is 2.29. The van der Waals surface area contributed by atoms with E-state index in [-0.39, 0.29) is 12.7 Å². The molecule has 0 bridgehead atoms. The number of fused-ring (bicyclic) bond motifs is 1. The number of aromatic nitrogens is 1. The van der Waals surface area contributed by atoms with Crippen LogP contribution in [0.15, 0.2) is 24.3 Å². The van der Waals surface area contributed by atoms with Crippen molar-refractivity contribution in [2.75, 3.05) is 13.2 Å². The Morgan fingerprint density at radius 1 is 1.44 bits per heavy atom. The van der Waals surface area contributed by atoms with Gasteiger partial charge in [-0.2, -0.15) is 0 Å². The maximum Gasteiger partial charge on any atom is 0.123 e. The molecule has 4 heteroatoms. The van der Waals surface area contributed by atoms with Crippen LogP contribution >= 0.6 is 11.3 Å². The zero-order chi connectivity index (χ0) is 11.4. The van der Waals surface area contributed by atoms with Crippen molar-refractivity contribution >= 4 is 21.6 Å². The molecule has 1 aromatic heterocycles. The van der Waals surface area contributed by atoms with E-state index in [2.05, 4.69) is 11.1 Å². The van der Waals surface area contributed by atoms with Crippen LogP contribution in [0.2, 0.25) is 0 Å². The van der Waals surface area contributed by atoms with Crippen LogP contribution in [0.3, 0.4) is 0 Å². The van der Waals surface area contributed by atoms with Gasteiger partial charge in [0.1, 0.15) is 11.1 Å². The fourth-order valence-electron chi connectivity index (χ4n) is 1.62. The zero-order valence-electron chi connectivity index (χ0n) is 9.22. The van der Waals surface area contributed by atoms with Crippen molar-refractivity contribution in [1.29, 1.82) is 0 Å². The summed E-state index contributed by atoms with van der Waals surface area (Å²) in [6.07, 6.45) is 0.528. The molecule has 16 heavy (non-hydrogen) atoms. The van der Waals surface area contributed by atoms with E-state index in [0.717, 1.165) is 10.5 Å². The summed E-state index contributed by atoms with van der Waals surface area (Å²) in [7, 11) is 0. The highest BCUT2D eigenvalue weighted by atomic mass is 32.1. The molecule has 1 atom stereocenters. The molecule has 0 fully saturated rings. The van der Waals surface area contributed by atoms with Gasteiger partial charge >= 0.3 is 0 Å². The van der Waals surface area contributed by atoms with E-state index in [4.69, 9.17) is 9.84 Å². The highest BCUT2D eigenvalue weighted by molar-refractivity contribution is 7.18. The predicted molar refractivity (Wildman–Crippen MR) is 65.7 cm³/mol. The van der Waals surface area contributed by atoms with Crippen LogP contribution in [0, 0.1) is 0 Å². The van der Waals surface area contributed by atoms with E-state index in [1.165, 1.54) is 4.70 Å². The van der Waals surface area contributed by atoms with Crippen LogP contribution in [0.4, 0.5) is 0 Å². The van der Waals surface area contributed by atoms with Crippen molar-refractivity contribution < 1.29 is 9.84 Å². The van der Waals surface area contributed by atoms with E-state index < -0.39 is 0 Å². The number of nitrogens with zero attached hydrogens (tertiary/aromatic N) is 1. The number of aliphatic hydroxyl groups excluding tert-OH is 1. The van der Waals surface area contributed by atoms with Gasteiger partial charge in [0.05, 0.1) is 10.2 Å². The summed E-state index contributed by atoms with van der Waals surface area (Å²) in [5.41, 5.74) is 1.00. The van der Waals surface area contributed by atoms with E-state index in [1.807, 2.05) is 25.1 Å². The molecule has 0 amide bonds. The lowest BCUT2D eigenvalue weighted by Gasteiger charge is -2.12. The van der Waals surface area contributed by atoms with Gasteiger partial charge in [-0.3, -0.25) is 0 Å². The summed E-state index contributed by atoms with van der Waals surface area (Å²) >= 11 is 1.64. The lowest BCUT2D eigenvalue weighted by Crippen LogP contribution is -2.05. The fraction of sp³-hybridized carbons (Fsp3) is 0.417. The number of aliphatic hydroxyl groups is 1. The van der Waals surface area contributed by atoms with Gasteiger partial charge < -0.3 is 9.84 Å². The molecule has 3 nitrogen and oxygen atoms in total. The lowest BCUT2D eigenvalue weighted by molar-refractivity contribution is 0.0432. The van der Waals surface area contributed by atoms with Crippen LogP contribution in [-0.2, 0) is 4.74 Å². The average molecular weight is 237 g/mol. The third kappa shape index (κ3) is 2.40. The van der Waals surface area contributed by atoms with Crippen LogP contribution < -0.4 is 0 Å². The fourth-order valence-corrected chi connectivity index (χ4v) is 2.68. The van der Waals surface area contributed by atoms with Crippen molar-refractivity contribution in [1.82, 2.24) is 4.98 Å². The topological polar surface area (TPSA) is 42.4 Å². The molecular weight excluding hydrogens is 222 g/mol. The first kappa shape index (κ1) is 11.5. The number of thiazole rings is 1. The first-order valence-corrected chi connectivity index (χ1v) is 6.24. The average Bonchev–Trinajstić information content (AvgIpc) is 2.72. The third-order valence-corrected chi connectivity index (χ3v) is 3.47. The van der Waals surface area contributed by atoms with Crippen molar-refractivity contribution in [2.45, 2.75) is 19.4 Å². The van der Waals surface area contributed by atoms with Gasteiger partial charge in [-0.1, -0.05) is 12.1 Å². The van der Waals surface area contributed by atoms with Crippen LogP contribution in [0.25, 0.3) is 10.2 Å². The minimum Gasteiger partial charge on any atom is -0.396 e. The molecule has 0 spiro atoms. The highest BCUT2D eigenvalue weighted by Gasteiger charge is 2.15. The van der Waals surface area contributed by atoms with E-state index >= 15 is 0 Å². The monoisotopic (exact) mass is 237 g/mol. The van der Waals surface area contributed by atoms with E-state index in [1.54, 1.807) is 11.3 Å². The van der Waals surface area contributed by atoms with Gasteiger partial charge in [0.25, 0.3) is 0 Å². The van der Waals surface area contributed by atoms with Crippen molar-refractivity contribution in [2.24, 2.45) is 0 Å². The Labute approximate surface area is 98.7 Å². The van der Waals surface area contributed by atoms with E-state index in [0.29, 0.717) is 13.0 Å². The molecule has 0 aliphatic rings. The largest absolute Gasteiger partial charge is 0.396 e. The number of benzene rings is 1. The van der Waals surface area contributed by atoms with Gasteiger partial charge in [0.15, 0.2) is 0 Å². The Hall–Kier alpha value is -0.970. The van der Waals surface area contributed by atoms with Crippen molar-refractivity contribution in [3.05, 3.63) is 29.3 Å². The minimum absolute atomic E-state index is 0.0765. The second kappa shape index (κ2) is 5.39. The Kier molecular flexibility index (Phi) is 3.88. The second-order valence-electron chi connectivity index (χ2n) is 3.48. The highest BCUT2D eigenvalue weighted by Crippen LogP contribution is 2.29. The summed E-state index contributed by atoms with van der Waals surface area (Å²) < 4.78 is 6.75. The maximum absolute atomic E-state index is 9.00. The molecule has 2 aromatic rings. The molecule has 0 radical (unpaired) electrons. The third-order valence-electron chi connectivity index (χ3n) is 2.35. The summed E-state index contributed by atoms with van der Waals surface area (Å²) in [5, 5.41) is 9.95. The zero-order valence-corrected chi connectivity index (χ0v) is 10.0. The Bertz CT molecular complexity index is 416. The Morgan fingerprint density at radius 2 is 2.25 bits per heavy atom. The molecular formula is C12H15NO2S. The first-order valence-electron chi connectivity index (χ1n) is 5.43. The molecule has 0 saturated carbocycles. The normalized spacial score (nSPS) is 13.1. The predicted octanol–water partition coefficient (Wildman–Crippen LogP) is 2.76. The quantitative estimate of drug-likeness (QED) is 0.869. The smallest absolute Gasteiger partial charge is 0.123 e. The van der Waals surface area contributed by atoms with Crippen molar-refractivity contribution in [3.63, 3.8) is 0 Å². The standard InChI is InChI=1S/C12H15NO2S/c1-2-15-10(7-8-14)12-13-9-5-3-4-6-11(9)16-12/h3-6,10,14H,2,7-8H2,1H3. The van der Waals surface area contributed by atoms with Gasteiger partial charge in [-0.15, -0.1) is 11.3 Å². The maximum atomic E-state index is 9.00. The van der Waals surface area contributed by atoms with Gasteiger partial charge in [-0.05, 0) is 19.1 Å². The molecule has 2 rings (SSSR count). The molecule has 1 unspecified atom stereocenters. The Morgan fingerprint density at radius 3 is 2.94 bits per heavy atom. The van der Waals surface area contributed by atoms with Gasteiger partial charge in [-0.25, -0.2) is 4.98 Å². The SMILES string of the molecule is CCOC(CCO)c1nc2ccccc2s1. The molecule has 86 valence electrons. The molecule has 0 aliphatic carbocycles. The van der Waals surface area contributed by atoms with Crippen molar-refractivity contribution in [3.8, 4) is 0 Å². The summed E-state index contributed by atoms with van der Waals surface area (Å²) in [4.78, 5) is 4.53. The first-order chi connectivity index (χ1) is 7.85. The van der Waals surface area contributed by atoms with Crippen LogP contribution in [0.1, 0.15) is 24.5 Å². The van der Waals surface area contributed by atoms with Crippen LogP contribution in [0.5, 0.6) is 0 Å². The molecule has 0 aliphatic heterocycles.